The van der Waals surface area contributed by atoms with Gasteiger partial charge in [-0.1, -0.05) is 18.2 Å². The number of hydrogen-bond acceptors (Lipinski definition) is 6. The average Bonchev–Trinajstić information content (AvgIpc) is 3.38. The second-order valence-electron chi connectivity index (χ2n) is 8.52. The SMILES string of the molecule is CCOc1ccc(N=C2S/C(=C\c3cn(CC(=O)N4CCOCC4)c4ccccc34)C(=O)N2C)cc1. The van der Waals surface area contributed by atoms with E-state index in [9.17, 15) is 9.59 Å². The maximum Gasteiger partial charge on any atom is 0.266 e. The van der Waals surface area contributed by atoms with Crippen molar-refractivity contribution < 1.29 is 19.1 Å². The molecule has 0 aliphatic carbocycles. The van der Waals surface area contributed by atoms with Crippen molar-refractivity contribution in [2.45, 2.75) is 13.5 Å². The van der Waals surface area contributed by atoms with Crippen LogP contribution in [-0.2, 0) is 20.9 Å². The third-order valence-corrected chi connectivity index (χ3v) is 7.21. The fourth-order valence-corrected chi connectivity index (χ4v) is 5.24. The van der Waals surface area contributed by atoms with E-state index in [2.05, 4.69) is 4.99 Å². The van der Waals surface area contributed by atoms with E-state index in [0.29, 0.717) is 43.0 Å². The smallest absolute Gasteiger partial charge is 0.266 e. The van der Waals surface area contributed by atoms with Gasteiger partial charge < -0.3 is 18.9 Å². The number of carbonyl (C=O) groups is 2. The van der Waals surface area contributed by atoms with Crippen molar-refractivity contribution >= 4 is 51.4 Å². The summed E-state index contributed by atoms with van der Waals surface area (Å²) >= 11 is 1.34. The number of morpholine rings is 1. The average molecular weight is 505 g/mol. The molecule has 2 amide bonds. The van der Waals surface area contributed by atoms with Crippen LogP contribution in [0.25, 0.3) is 17.0 Å². The number of amides is 2. The van der Waals surface area contributed by atoms with E-state index >= 15 is 0 Å². The van der Waals surface area contributed by atoms with Crippen LogP contribution in [0.1, 0.15) is 12.5 Å². The highest BCUT2D eigenvalue weighted by Gasteiger charge is 2.31. The van der Waals surface area contributed by atoms with Gasteiger partial charge in [0.2, 0.25) is 5.91 Å². The van der Waals surface area contributed by atoms with Crippen molar-refractivity contribution in [1.29, 1.82) is 0 Å². The molecule has 5 rings (SSSR count). The molecule has 3 heterocycles. The fourth-order valence-electron chi connectivity index (χ4n) is 4.27. The van der Waals surface area contributed by atoms with Crippen LogP contribution in [0.2, 0.25) is 0 Å². The molecule has 2 aliphatic heterocycles. The standard InChI is InChI=1S/C27H28N4O4S/c1-3-35-21-10-8-20(9-11-21)28-27-29(2)26(33)24(36-27)16-19-17-31(23-7-5-4-6-22(19)23)18-25(32)30-12-14-34-15-13-30/h4-11,16-17H,3,12-15,18H2,1-2H3/b24-16-,28-27?. The lowest BCUT2D eigenvalue weighted by molar-refractivity contribution is -0.135. The lowest BCUT2D eigenvalue weighted by Crippen LogP contribution is -2.42. The number of nitrogens with zero attached hydrogens (tertiary/aromatic N) is 4. The van der Waals surface area contributed by atoms with Gasteiger partial charge in [0.15, 0.2) is 5.17 Å². The minimum atomic E-state index is -0.106. The zero-order valence-electron chi connectivity index (χ0n) is 20.3. The summed E-state index contributed by atoms with van der Waals surface area (Å²) in [5.74, 6) is 0.744. The summed E-state index contributed by atoms with van der Waals surface area (Å²) in [6.07, 6.45) is 3.84. The van der Waals surface area contributed by atoms with Crippen molar-refractivity contribution in [2.75, 3.05) is 40.0 Å². The van der Waals surface area contributed by atoms with Gasteiger partial charge in [0.1, 0.15) is 12.3 Å². The van der Waals surface area contributed by atoms with Gasteiger partial charge in [0.25, 0.3) is 5.91 Å². The molecule has 0 radical (unpaired) electrons. The third-order valence-electron chi connectivity index (χ3n) is 6.15. The Bertz CT molecular complexity index is 1340. The first-order valence-electron chi connectivity index (χ1n) is 12.0. The monoisotopic (exact) mass is 504 g/mol. The number of fused-ring (bicyclic) bond motifs is 1. The molecule has 0 bridgehead atoms. The Hall–Kier alpha value is -3.56. The molecular weight excluding hydrogens is 476 g/mol. The molecule has 2 aromatic carbocycles. The van der Waals surface area contributed by atoms with Gasteiger partial charge in [0.05, 0.1) is 30.4 Å². The van der Waals surface area contributed by atoms with Gasteiger partial charge in [-0.3, -0.25) is 14.5 Å². The Balaban J connectivity index is 1.40. The maximum absolute atomic E-state index is 13.0. The van der Waals surface area contributed by atoms with E-state index < -0.39 is 0 Å². The highest BCUT2D eigenvalue weighted by atomic mass is 32.2. The number of amidine groups is 1. The van der Waals surface area contributed by atoms with E-state index in [1.807, 2.05) is 77.2 Å². The summed E-state index contributed by atoms with van der Waals surface area (Å²) in [7, 11) is 1.73. The van der Waals surface area contributed by atoms with Gasteiger partial charge in [-0.25, -0.2) is 4.99 Å². The molecule has 0 N–H and O–H groups in total. The normalized spacial score (nSPS) is 18.6. The molecule has 0 atom stereocenters. The van der Waals surface area contributed by atoms with E-state index in [1.54, 1.807) is 11.9 Å². The van der Waals surface area contributed by atoms with Crippen LogP contribution in [0.3, 0.4) is 0 Å². The molecule has 2 aliphatic rings. The number of ether oxygens (including phenoxy) is 2. The summed E-state index contributed by atoms with van der Waals surface area (Å²) < 4.78 is 12.8. The molecule has 9 heteroatoms. The van der Waals surface area contributed by atoms with Gasteiger partial charge in [-0.2, -0.15) is 0 Å². The summed E-state index contributed by atoms with van der Waals surface area (Å²) in [4.78, 5) is 34.6. The predicted octanol–water partition coefficient (Wildman–Crippen LogP) is 4.13. The molecule has 36 heavy (non-hydrogen) atoms. The molecule has 2 fully saturated rings. The molecule has 0 spiro atoms. The Morgan fingerprint density at radius 3 is 2.64 bits per heavy atom. The van der Waals surface area contributed by atoms with Crippen molar-refractivity contribution in [3.8, 4) is 5.75 Å². The van der Waals surface area contributed by atoms with Crippen LogP contribution in [0.5, 0.6) is 5.75 Å². The largest absolute Gasteiger partial charge is 0.494 e. The Labute approximate surface area is 214 Å². The maximum atomic E-state index is 13.0. The summed E-state index contributed by atoms with van der Waals surface area (Å²) in [6.45, 7) is 5.16. The number of thioether (sulfide) groups is 1. The highest BCUT2D eigenvalue weighted by Crippen LogP contribution is 2.35. The number of aromatic nitrogens is 1. The van der Waals surface area contributed by atoms with Crippen LogP contribution >= 0.6 is 11.8 Å². The fraction of sp³-hybridized carbons (Fsp3) is 0.296. The number of rotatable bonds is 6. The number of likely N-dealkylation sites (N-methyl/N-ethyl adjacent to an activating group) is 1. The molecule has 0 saturated carbocycles. The number of benzene rings is 2. The number of aliphatic imine (C=N–C) groups is 1. The second kappa shape index (κ2) is 10.6. The summed E-state index contributed by atoms with van der Waals surface area (Å²) in [6, 6.07) is 15.4. The van der Waals surface area contributed by atoms with Crippen LogP contribution in [0, 0.1) is 0 Å². The predicted molar refractivity (Wildman–Crippen MR) is 142 cm³/mol. The molecule has 8 nitrogen and oxygen atoms in total. The van der Waals surface area contributed by atoms with Gasteiger partial charge >= 0.3 is 0 Å². The van der Waals surface area contributed by atoms with Crippen LogP contribution in [-0.4, -0.2) is 71.3 Å². The van der Waals surface area contributed by atoms with Crippen LogP contribution in [0.15, 0.2) is 64.6 Å². The Kier molecular flexibility index (Phi) is 7.11. The molecule has 3 aromatic rings. The minimum Gasteiger partial charge on any atom is -0.494 e. The van der Waals surface area contributed by atoms with Gasteiger partial charge in [-0.15, -0.1) is 0 Å². The number of para-hydroxylation sites is 1. The summed E-state index contributed by atoms with van der Waals surface area (Å²) in [5.41, 5.74) is 2.60. The first-order chi connectivity index (χ1) is 17.5. The third kappa shape index (κ3) is 5.03. The lowest BCUT2D eigenvalue weighted by atomic mass is 10.1. The first-order valence-corrected chi connectivity index (χ1v) is 12.8. The topological polar surface area (TPSA) is 76.4 Å². The van der Waals surface area contributed by atoms with Crippen molar-refractivity contribution in [1.82, 2.24) is 14.4 Å². The van der Waals surface area contributed by atoms with E-state index in [-0.39, 0.29) is 18.4 Å². The van der Waals surface area contributed by atoms with Gasteiger partial charge in [-0.05, 0) is 55.1 Å². The van der Waals surface area contributed by atoms with Gasteiger partial charge in [0, 0.05) is 42.8 Å². The zero-order chi connectivity index (χ0) is 25.1. The van der Waals surface area contributed by atoms with Crippen LogP contribution < -0.4 is 4.74 Å². The zero-order valence-corrected chi connectivity index (χ0v) is 21.2. The Morgan fingerprint density at radius 1 is 1.14 bits per heavy atom. The Morgan fingerprint density at radius 2 is 1.89 bits per heavy atom. The molecule has 1 aromatic heterocycles. The van der Waals surface area contributed by atoms with Crippen LogP contribution in [0.4, 0.5) is 5.69 Å². The quantitative estimate of drug-likeness (QED) is 0.472. The number of carbonyl (C=O) groups excluding carboxylic acids is 2. The molecule has 2 saturated heterocycles. The summed E-state index contributed by atoms with van der Waals surface area (Å²) in [5, 5.41) is 1.61. The van der Waals surface area contributed by atoms with E-state index in [1.165, 1.54) is 11.8 Å². The first kappa shape index (κ1) is 24.1. The highest BCUT2D eigenvalue weighted by molar-refractivity contribution is 8.18. The molecular formula is C27H28N4O4S. The number of hydrogen-bond donors (Lipinski definition) is 0. The van der Waals surface area contributed by atoms with Crippen molar-refractivity contribution in [3.63, 3.8) is 0 Å². The lowest BCUT2D eigenvalue weighted by Gasteiger charge is -2.27. The van der Waals surface area contributed by atoms with Crippen molar-refractivity contribution in [2.24, 2.45) is 4.99 Å². The second-order valence-corrected chi connectivity index (χ2v) is 9.53. The molecule has 0 unspecified atom stereocenters. The van der Waals surface area contributed by atoms with E-state index in [4.69, 9.17) is 9.47 Å². The minimum absolute atomic E-state index is 0.0640. The molecule has 186 valence electrons. The van der Waals surface area contributed by atoms with E-state index in [0.717, 1.165) is 27.9 Å². The van der Waals surface area contributed by atoms with Crippen molar-refractivity contribution in [3.05, 3.63) is 65.2 Å².